The maximum atomic E-state index is 13.9. The van der Waals surface area contributed by atoms with Crippen molar-refractivity contribution in [1.29, 1.82) is 0 Å². The number of amides is 2. The number of halogens is 3. The summed E-state index contributed by atoms with van der Waals surface area (Å²) in [6.07, 6.45) is 0. The highest BCUT2D eigenvalue weighted by Gasteiger charge is 2.23. The molecule has 0 aliphatic carbocycles. The van der Waals surface area contributed by atoms with Crippen LogP contribution in [0.25, 0.3) is 0 Å². The van der Waals surface area contributed by atoms with Crippen LogP contribution in [0.1, 0.15) is 0 Å². The molecule has 2 aromatic rings. The molecule has 8 heteroatoms. The van der Waals surface area contributed by atoms with Crippen LogP contribution in [-0.2, 0) is 0 Å². The topological polar surface area (TPSA) is 44.8 Å². The Morgan fingerprint density at radius 2 is 1.85 bits per heavy atom. The molecular weight excluding hydrogens is 364 g/mol. The molecule has 0 radical (unpaired) electrons. The summed E-state index contributed by atoms with van der Waals surface area (Å²) in [5.41, 5.74) is 0.904. The summed E-state index contributed by atoms with van der Waals surface area (Å²) in [7, 11) is 1.52. The van der Waals surface area contributed by atoms with Crippen molar-refractivity contribution in [3.8, 4) is 5.75 Å². The van der Waals surface area contributed by atoms with Gasteiger partial charge in [-0.15, -0.1) is 0 Å². The third kappa shape index (κ3) is 3.99. The van der Waals surface area contributed by atoms with E-state index in [0.717, 1.165) is 6.07 Å². The maximum Gasteiger partial charge on any atom is 0.321 e. The molecule has 1 N–H and O–H groups in total. The highest BCUT2D eigenvalue weighted by molar-refractivity contribution is 6.32. The smallest absolute Gasteiger partial charge is 0.321 e. The average Bonchev–Trinajstić information content (AvgIpc) is 2.62. The van der Waals surface area contributed by atoms with Crippen molar-refractivity contribution in [2.45, 2.75) is 0 Å². The van der Waals surface area contributed by atoms with Gasteiger partial charge in [0.25, 0.3) is 0 Å². The Morgan fingerprint density at radius 1 is 1.12 bits per heavy atom. The summed E-state index contributed by atoms with van der Waals surface area (Å²) in [6.45, 7) is 1.76. The van der Waals surface area contributed by atoms with E-state index in [1.54, 1.807) is 28.0 Å². The van der Waals surface area contributed by atoms with Gasteiger partial charge < -0.3 is 19.9 Å². The van der Waals surface area contributed by atoms with Gasteiger partial charge in [0.05, 0.1) is 17.8 Å². The molecule has 138 valence electrons. The van der Waals surface area contributed by atoms with E-state index >= 15 is 0 Å². The predicted octanol–water partition coefficient (Wildman–Crippen LogP) is 3.98. The van der Waals surface area contributed by atoms with Gasteiger partial charge >= 0.3 is 6.03 Å². The largest absolute Gasteiger partial charge is 0.495 e. The zero-order chi connectivity index (χ0) is 18.7. The van der Waals surface area contributed by atoms with Crippen molar-refractivity contribution in [3.05, 3.63) is 53.1 Å². The molecule has 1 heterocycles. The van der Waals surface area contributed by atoms with E-state index in [4.69, 9.17) is 16.3 Å². The van der Waals surface area contributed by atoms with E-state index in [9.17, 15) is 13.6 Å². The zero-order valence-electron chi connectivity index (χ0n) is 14.1. The van der Waals surface area contributed by atoms with Crippen LogP contribution in [0.5, 0.6) is 5.75 Å². The van der Waals surface area contributed by atoms with E-state index in [-0.39, 0.29) is 6.03 Å². The average molecular weight is 382 g/mol. The van der Waals surface area contributed by atoms with Gasteiger partial charge in [0.15, 0.2) is 0 Å². The van der Waals surface area contributed by atoms with Gasteiger partial charge in [-0.05, 0) is 30.3 Å². The quantitative estimate of drug-likeness (QED) is 0.874. The molecule has 2 amide bonds. The molecule has 5 nitrogen and oxygen atoms in total. The van der Waals surface area contributed by atoms with Gasteiger partial charge in [0.1, 0.15) is 17.4 Å². The fourth-order valence-electron chi connectivity index (χ4n) is 2.83. The summed E-state index contributed by atoms with van der Waals surface area (Å²) in [4.78, 5) is 15.8. The lowest BCUT2D eigenvalue weighted by Crippen LogP contribution is -2.50. The van der Waals surface area contributed by atoms with Crippen LogP contribution >= 0.6 is 11.6 Å². The standard InChI is InChI=1S/C18H18ClF2N3O2/c1-26-17-5-3-13(11-14(17)19)22-18(25)24-8-6-23(7-9-24)16-4-2-12(20)10-15(16)21/h2-5,10-11H,6-9H2,1H3,(H,22,25). The van der Waals surface area contributed by atoms with Crippen molar-refractivity contribution in [2.75, 3.05) is 43.5 Å². The van der Waals surface area contributed by atoms with Crippen LogP contribution < -0.4 is 15.0 Å². The Kier molecular flexibility index (Phi) is 5.46. The van der Waals surface area contributed by atoms with Gasteiger partial charge in [-0.25, -0.2) is 13.6 Å². The molecule has 1 aliphatic heterocycles. The number of hydrogen-bond acceptors (Lipinski definition) is 3. The lowest BCUT2D eigenvalue weighted by molar-refractivity contribution is 0.208. The Bertz CT molecular complexity index is 811. The lowest BCUT2D eigenvalue weighted by Gasteiger charge is -2.36. The SMILES string of the molecule is COc1ccc(NC(=O)N2CCN(c3ccc(F)cc3F)CC2)cc1Cl. The lowest BCUT2D eigenvalue weighted by atomic mass is 10.2. The number of nitrogens with zero attached hydrogens (tertiary/aromatic N) is 2. The van der Waals surface area contributed by atoms with Crippen LogP contribution in [0.3, 0.4) is 0 Å². The third-order valence-corrected chi connectivity index (χ3v) is 4.52. The van der Waals surface area contributed by atoms with Crippen molar-refractivity contribution < 1.29 is 18.3 Å². The molecule has 0 spiro atoms. The van der Waals surface area contributed by atoms with Crippen LogP contribution in [0, 0.1) is 11.6 Å². The number of hydrogen-bond donors (Lipinski definition) is 1. The van der Waals surface area contributed by atoms with Gasteiger partial charge in [-0.3, -0.25) is 0 Å². The van der Waals surface area contributed by atoms with Crippen LogP contribution in [-0.4, -0.2) is 44.2 Å². The zero-order valence-corrected chi connectivity index (χ0v) is 14.9. The molecule has 0 aromatic heterocycles. The molecular formula is C18H18ClF2N3O2. The highest BCUT2D eigenvalue weighted by atomic mass is 35.5. The van der Waals surface area contributed by atoms with Gasteiger partial charge in [-0.2, -0.15) is 0 Å². The van der Waals surface area contributed by atoms with E-state index in [1.165, 1.54) is 19.2 Å². The predicted molar refractivity (Wildman–Crippen MR) is 97.2 cm³/mol. The normalized spacial score (nSPS) is 14.3. The second-order valence-corrected chi connectivity index (χ2v) is 6.26. The molecule has 0 unspecified atom stereocenters. The second kappa shape index (κ2) is 7.78. The van der Waals surface area contributed by atoms with Crippen molar-refractivity contribution >= 4 is 29.0 Å². The third-order valence-electron chi connectivity index (χ3n) is 4.22. The monoisotopic (exact) mass is 381 g/mol. The Balaban J connectivity index is 1.59. The van der Waals surface area contributed by atoms with Crippen LogP contribution in [0.15, 0.2) is 36.4 Å². The molecule has 0 atom stereocenters. The van der Waals surface area contributed by atoms with Crippen molar-refractivity contribution in [3.63, 3.8) is 0 Å². The summed E-state index contributed by atoms with van der Waals surface area (Å²) in [6, 6.07) is 8.24. The molecule has 0 saturated carbocycles. The van der Waals surface area contributed by atoms with Gasteiger partial charge in [0, 0.05) is 37.9 Å². The minimum Gasteiger partial charge on any atom is -0.495 e. The summed E-state index contributed by atoms with van der Waals surface area (Å²) in [5, 5.41) is 3.19. The van der Waals surface area contributed by atoms with Crippen molar-refractivity contribution in [2.24, 2.45) is 0 Å². The number of benzene rings is 2. The summed E-state index contributed by atoms with van der Waals surface area (Å²) < 4.78 is 32.0. The van der Waals surface area contributed by atoms with Gasteiger partial charge in [0.2, 0.25) is 0 Å². The number of urea groups is 1. The van der Waals surface area contributed by atoms with Crippen LogP contribution in [0.4, 0.5) is 25.0 Å². The van der Waals surface area contributed by atoms with E-state index in [0.29, 0.717) is 48.3 Å². The molecule has 0 bridgehead atoms. The molecule has 3 rings (SSSR count). The Labute approximate surface area is 155 Å². The maximum absolute atomic E-state index is 13.9. The Morgan fingerprint density at radius 3 is 2.46 bits per heavy atom. The molecule has 1 saturated heterocycles. The molecule has 1 aliphatic rings. The number of rotatable bonds is 3. The number of ether oxygens (including phenoxy) is 1. The summed E-state index contributed by atoms with van der Waals surface area (Å²) in [5.74, 6) is -0.683. The number of carbonyl (C=O) groups is 1. The van der Waals surface area contributed by atoms with Gasteiger partial charge in [-0.1, -0.05) is 11.6 Å². The first-order chi connectivity index (χ1) is 12.5. The highest BCUT2D eigenvalue weighted by Crippen LogP contribution is 2.27. The van der Waals surface area contributed by atoms with E-state index in [2.05, 4.69) is 5.32 Å². The molecule has 26 heavy (non-hydrogen) atoms. The fraction of sp³-hybridized carbons (Fsp3) is 0.278. The Hall–Kier alpha value is -2.54. The molecule has 1 fully saturated rings. The number of methoxy groups -OCH3 is 1. The fourth-order valence-corrected chi connectivity index (χ4v) is 3.09. The minimum absolute atomic E-state index is 0.259. The molecule has 2 aromatic carbocycles. The minimum atomic E-state index is -0.609. The first kappa shape index (κ1) is 18.3. The number of carbonyl (C=O) groups excluding carboxylic acids is 1. The number of nitrogens with one attached hydrogen (secondary N) is 1. The summed E-state index contributed by atoms with van der Waals surface area (Å²) >= 11 is 6.05. The first-order valence-corrected chi connectivity index (χ1v) is 8.45. The second-order valence-electron chi connectivity index (χ2n) is 5.85. The number of piperazine rings is 1. The van der Waals surface area contributed by atoms with Crippen LogP contribution in [0.2, 0.25) is 5.02 Å². The first-order valence-electron chi connectivity index (χ1n) is 8.07. The van der Waals surface area contributed by atoms with E-state index in [1.807, 2.05) is 0 Å². The number of anilines is 2. The van der Waals surface area contributed by atoms with E-state index < -0.39 is 11.6 Å². The van der Waals surface area contributed by atoms with Crippen molar-refractivity contribution in [1.82, 2.24) is 4.90 Å².